The number of rotatable bonds is 5. The molecule has 0 unspecified atom stereocenters. The second-order valence-corrected chi connectivity index (χ2v) is 5.51. The van der Waals surface area contributed by atoms with Crippen molar-refractivity contribution in [1.82, 2.24) is 0 Å². The Labute approximate surface area is 129 Å². The van der Waals surface area contributed by atoms with Gasteiger partial charge in [-0.25, -0.2) is 14.4 Å². The minimum absolute atomic E-state index is 0.0177. The number of hydrogen-bond donors (Lipinski definition) is 0. The highest BCUT2D eigenvalue weighted by Gasteiger charge is 2.60. The maximum atomic E-state index is 12.0. The molecule has 1 fully saturated rings. The summed E-state index contributed by atoms with van der Waals surface area (Å²) in [5.41, 5.74) is -0.737. The molecule has 1 aliphatic rings. The van der Waals surface area contributed by atoms with Gasteiger partial charge in [0.05, 0.1) is 19.8 Å². The molecule has 126 valence electrons. The third-order valence-corrected chi connectivity index (χ3v) is 2.50. The monoisotopic (exact) mass is 318 g/mol. The molecule has 0 aliphatic carbocycles. The number of hydrogen-bond acceptors (Lipinski definition) is 8. The lowest BCUT2D eigenvalue weighted by Crippen LogP contribution is -2.51. The molecule has 8 heteroatoms. The van der Waals surface area contributed by atoms with Gasteiger partial charge in [-0.15, -0.1) is 0 Å². The number of carbonyl (C=O) groups is 3. The Morgan fingerprint density at radius 1 is 1.09 bits per heavy atom. The van der Waals surface area contributed by atoms with Crippen LogP contribution >= 0.6 is 0 Å². The Bertz CT molecular complexity index is 419. The molecule has 1 heterocycles. The molecule has 1 atom stereocenters. The molecule has 0 saturated carbocycles. The van der Waals surface area contributed by atoms with Gasteiger partial charge in [-0.3, -0.25) is 0 Å². The predicted molar refractivity (Wildman–Crippen MR) is 72.7 cm³/mol. The van der Waals surface area contributed by atoms with Gasteiger partial charge in [-0.2, -0.15) is 0 Å². The number of esters is 3. The zero-order valence-electron chi connectivity index (χ0n) is 13.5. The average molecular weight is 318 g/mol. The highest BCUT2D eigenvalue weighted by Crippen LogP contribution is 2.28. The molecule has 8 nitrogen and oxygen atoms in total. The fraction of sp³-hybridized carbons (Fsp3) is 0.786. The molecular weight excluding hydrogens is 296 g/mol. The van der Waals surface area contributed by atoms with Gasteiger partial charge >= 0.3 is 23.7 Å². The van der Waals surface area contributed by atoms with Gasteiger partial charge in [0.25, 0.3) is 0 Å². The normalized spacial score (nSPS) is 20.3. The first-order valence-corrected chi connectivity index (χ1v) is 7.05. The van der Waals surface area contributed by atoms with Crippen LogP contribution in [0, 0.1) is 0 Å². The van der Waals surface area contributed by atoms with E-state index >= 15 is 0 Å². The van der Waals surface area contributed by atoms with E-state index in [1.54, 1.807) is 34.6 Å². The summed E-state index contributed by atoms with van der Waals surface area (Å²) in [5.74, 6) is -5.23. The van der Waals surface area contributed by atoms with Crippen LogP contribution in [0.4, 0.5) is 0 Å². The second kappa shape index (κ2) is 7.06. The number of ether oxygens (including phenoxy) is 5. The lowest BCUT2D eigenvalue weighted by atomic mass is 10.2. The minimum Gasteiger partial charge on any atom is -0.462 e. The van der Waals surface area contributed by atoms with Crippen LogP contribution < -0.4 is 0 Å². The molecule has 0 spiro atoms. The van der Waals surface area contributed by atoms with E-state index in [1.165, 1.54) is 0 Å². The lowest BCUT2D eigenvalue weighted by Gasteiger charge is -2.24. The van der Waals surface area contributed by atoms with E-state index in [9.17, 15) is 14.4 Å². The van der Waals surface area contributed by atoms with Crippen molar-refractivity contribution in [2.75, 3.05) is 19.8 Å². The van der Waals surface area contributed by atoms with Gasteiger partial charge in [-0.1, -0.05) is 0 Å². The van der Waals surface area contributed by atoms with Crippen molar-refractivity contribution < 1.29 is 38.1 Å². The molecule has 0 amide bonds. The molecule has 0 aromatic rings. The van der Waals surface area contributed by atoms with Gasteiger partial charge < -0.3 is 23.7 Å². The molecule has 0 aromatic heterocycles. The SMILES string of the molecule is CCOC(=O)C1(C(=O)OCC)OC[C@@H](C(=O)OC(C)(C)C)O1. The van der Waals surface area contributed by atoms with E-state index in [2.05, 4.69) is 0 Å². The first-order chi connectivity index (χ1) is 10.2. The van der Waals surface area contributed by atoms with Crippen LogP contribution in [0.2, 0.25) is 0 Å². The Balaban J connectivity index is 2.91. The Kier molecular flexibility index (Phi) is 5.90. The lowest BCUT2D eigenvalue weighted by molar-refractivity contribution is -0.226. The first-order valence-electron chi connectivity index (χ1n) is 7.05. The van der Waals surface area contributed by atoms with Crippen molar-refractivity contribution in [1.29, 1.82) is 0 Å². The predicted octanol–water partition coefficient (Wildman–Crippen LogP) is 0.566. The highest BCUT2D eigenvalue weighted by molar-refractivity contribution is 6.02. The van der Waals surface area contributed by atoms with Gasteiger partial charge in [0, 0.05) is 0 Å². The van der Waals surface area contributed by atoms with E-state index in [4.69, 9.17) is 23.7 Å². The van der Waals surface area contributed by atoms with Gasteiger partial charge in [0.1, 0.15) is 5.60 Å². The Morgan fingerprint density at radius 3 is 2.00 bits per heavy atom. The maximum absolute atomic E-state index is 12.0. The highest BCUT2D eigenvalue weighted by atomic mass is 16.8. The van der Waals surface area contributed by atoms with E-state index in [0.717, 1.165) is 0 Å². The largest absolute Gasteiger partial charge is 0.462 e. The molecule has 1 saturated heterocycles. The fourth-order valence-electron chi connectivity index (χ4n) is 1.69. The van der Waals surface area contributed by atoms with Crippen molar-refractivity contribution in [2.24, 2.45) is 0 Å². The van der Waals surface area contributed by atoms with Crippen molar-refractivity contribution in [3.05, 3.63) is 0 Å². The van der Waals surface area contributed by atoms with E-state index in [-0.39, 0.29) is 19.8 Å². The smallest absolute Gasteiger partial charge is 0.379 e. The zero-order valence-corrected chi connectivity index (χ0v) is 13.5. The van der Waals surface area contributed by atoms with Crippen LogP contribution in [0.25, 0.3) is 0 Å². The Morgan fingerprint density at radius 2 is 1.59 bits per heavy atom. The summed E-state index contributed by atoms with van der Waals surface area (Å²) in [7, 11) is 0. The third-order valence-electron chi connectivity index (χ3n) is 2.50. The molecule has 0 aromatic carbocycles. The van der Waals surface area contributed by atoms with E-state index in [1.807, 2.05) is 0 Å². The molecule has 0 bridgehead atoms. The molecular formula is C14H22O8. The fourth-order valence-corrected chi connectivity index (χ4v) is 1.69. The quantitative estimate of drug-likeness (QED) is 0.412. The van der Waals surface area contributed by atoms with Gasteiger partial charge in [0.15, 0.2) is 6.10 Å². The van der Waals surface area contributed by atoms with Crippen molar-refractivity contribution >= 4 is 17.9 Å². The van der Waals surface area contributed by atoms with Crippen LogP contribution in [0.15, 0.2) is 0 Å². The van der Waals surface area contributed by atoms with Crippen LogP contribution in [0.5, 0.6) is 0 Å². The van der Waals surface area contributed by atoms with Gasteiger partial charge in [-0.05, 0) is 34.6 Å². The van der Waals surface area contributed by atoms with Crippen molar-refractivity contribution in [2.45, 2.75) is 52.1 Å². The summed E-state index contributed by atoms with van der Waals surface area (Å²) in [5, 5.41) is 0. The summed E-state index contributed by atoms with van der Waals surface area (Å²) in [4.78, 5) is 36.0. The molecule has 22 heavy (non-hydrogen) atoms. The average Bonchev–Trinajstić information content (AvgIpc) is 2.83. The zero-order chi connectivity index (χ0) is 17.0. The maximum Gasteiger partial charge on any atom is 0.379 e. The van der Waals surface area contributed by atoms with E-state index in [0.29, 0.717) is 0 Å². The summed E-state index contributed by atoms with van der Waals surface area (Å²) < 4.78 is 25.1. The molecule has 0 N–H and O–H groups in total. The van der Waals surface area contributed by atoms with E-state index < -0.39 is 35.4 Å². The minimum atomic E-state index is -2.38. The van der Waals surface area contributed by atoms with Crippen LogP contribution in [-0.4, -0.2) is 55.2 Å². The summed E-state index contributed by atoms with van der Waals surface area (Å²) in [6, 6.07) is 0. The third kappa shape index (κ3) is 4.17. The number of carbonyl (C=O) groups excluding carboxylic acids is 3. The first kappa shape index (κ1) is 18.4. The van der Waals surface area contributed by atoms with Crippen LogP contribution in [0.3, 0.4) is 0 Å². The van der Waals surface area contributed by atoms with Crippen LogP contribution in [-0.2, 0) is 38.1 Å². The Hall–Kier alpha value is -1.67. The second-order valence-electron chi connectivity index (χ2n) is 5.51. The topological polar surface area (TPSA) is 97.4 Å². The molecule has 1 rings (SSSR count). The van der Waals surface area contributed by atoms with Crippen LogP contribution in [0.1, 0.15) is 34.6 Å². The van der Waals surface area contributed by atoms with Crippen molar-refractivity contribution in [3.63, 3.8) is 0 Å². The molecule has 0 radical (unpaired) electrons. The summed E-state index contributed by atoms with van der Waals surface area (Å²) in [6.07, 6.45) is -1.21. The van der Waals surface area contributed by atoms with Gasteiger partial charge in [0.2, 0.25) is 0 Å². The summed E-state index contributed by atoms with van der Waals surface area (Å²) in [6.45, 7) is 7.91. The standard InChI is InChI=1S/C14H22O8/c1-6-18-11(16)14(12(17)19-7-2)20-8-9(21-14)10(15)22-13(3,4)5/h9H,6-8H2,1-5H3/t9-/m0/s1. The molecule has 1 aliphatic heterocycles. The van der Waals surface area contributed by atoms with Crippen molar-refractivity contribution in [3.8, 4) is 0 Å². The summed E-state index contributed by atoms with van der Waals surface area (Å²) >= 11 is 0.